The first-order valence-corrected chi connectivity index (χ1v) is 5.48. The summed E-state index contributed by atoms with van der Waals surface area (Å²) in [6.45, 7) is 0.594. The molecule has 1 atom stereocenters. The number of aliphatic hydroxyl groups is 1. The van der Waals surface area contributed by atoms with Crippen molar-refractivity contribution in [3.8, 4) is 0 Å². The molecule has 16 heavy (non-hydrogen) atoms. The number of carbonyl (C=O) groups is 1. The van der Waals surface area contributed by atoms with Gasteiger partial charge in [-0.25, -0.2) is 0 Å². The standard InChI is InChI=1S/C11H20O5/c1-14-8-16-6-5-11(13,9-3-4-9)7-10(12)15-2/h9,13H,3-8H2,1-2H3. The second-order valence-corrected chi connectivity index (χ2v) is 4.20. The molecule has 1 saturated carbocycles. The Morgan fingerprint density at radius 3 is 2.62 bits per heavy atom. The molecule has 0 bridgehead atoms. The fourth-order valence-electron chi connectivity index (χ4n) is 1.77. The van der Waals surface area contributed by atoms with Crippen LogP contribution in [0.4, 0.5) is 0 Å². The molecule has 0 aromatic rings. The van der Waals surface area contributed by atoms with Gasteiger partial charge in [-0.15, -0.1) is 0 Å². The van der Waals surface area contributed by atoms with E-state index in [9.17, 15) is 9.90 Å². The van der Waals surface area contributed by atoms with Gasteiger partial charge < -0.3 is 19.3 Å². The Kier molecular flexibility index (Phi) is 5.18. The third-order valence-electron chi connectivity index (χ3n) is 2.90. The lowest BCUT2D eigenvalue weighted by atomic mass is 9.90. The van der Waals surface area contributed by atoms with Crippen molar-refractivity contribution in [1.82, 2.24) is 0 Å². The first-order valence-electron chi connectivity index (χ1n) is 5.48. The van der Waals surface area contributed by atoms with Crippen LogP contribution in [0.25, 0.3) is 0 Å². The fourth-order valence-corrected chi connectivity index (χ4v) is 1.77. The number of hydrogen-bond acceptors (Lipinski definition) is 5. The van der Waals surface area contributed by atoms with Crippen LogP contribution in [0.3, 0.4) is 0 Å². The van der Waals surface area contributed by atoms with Gasteiger partial charge >= 0.3 is 5.97 Å². The number of hydrogen-bond donors (Lipinski definition) is 1. The maximum Gasteiger partial charge on any atom is 0.308 e. The zero-order chi connectivity index (χ0) is 12.0. The SMILES string of the molecule is COCOCCC(O)(CC(=O)OC)C1CC1. The smallest absolute Gasteiger partial charge is 0.308 e. The topological polar surface area (TPSA) is 65.0 Å². The van der Waals surface area contributed by atoms with Gasteiger partial charge in [-0.1, -0.05) is 0 Å². The summed E-state index contributed by atoms with van der Waals surface area (Å²) in [5.41, 5.74) is -0.971. The second kappa shape index (κ2) is 6.18. The second-order valence-electron chi connectivity index (χ2n) is 4.20. The summed E-state index contributed by atoms with van der Waals surface area (Å²) in [5, 5.41) is 10.3. The van der Waals surface area contributed by atoms with Crippen LogP contribution in [-0.2, 0) is 19.0 Å². The van der Waals surface area contributed by atoms with Crippen molar-refractivity contribution in [3.63, 3.8) is 0 Å². The number of esters is 1. The molecule has 5 heteroatoms. The lowest BCUT2D eigenvalue weighted by Crippen LogP contribution is -2.36. The van der Waals surface area contributed by atoms with E-state index in [0.29, 0.717) is 13.0 Å². The Labute approximate surface area is 95.7 Å². The molecular formula is C11H20O5. The quantitative estimate of drug-likeness (QED) is 0.379. The van der Waals surface area contributed by atoms with E-state index in [2.05, 4.69) is 4.74 Å². The summed E-state index contributed by atoms with van der Waals surface area (Å²) in [6, 6.07) is 0. The minimum absolute atomic E-state index is 0.0461. The highest BCUT2D eigenvalue weighted by Crippen LogP contribution is 2.43. The summed E-state index contributed by atoms with van der Waals surface area (Å²) >= 11 is 0. The molecule has 0 saturated heterocycles. The molecule has 0 spiro atoms. The Balaban J connectivity index is 2.35. The molecule has 1 N–H and O–H groups in total. The van der Waals surface area contributed by atoms with Crippen LogP contribution in [0.1, 0.15) is 25.7 Å². The van der Waals surface area contributed by atoms with Crippen molar-refractivity contribution in [3.05, 3.63) is 0 Å². The Hall–Kier alpha value is -0.650. The van der Waals surface area contributed by atoms with Crippen molar-refractivity contribution in [2.75, 3.05) is 27.6 Å². The first kappa shape index (κ1) is 13.4. The minimum Gasteiger partial charge on any atom is -0.469 e. The van der Waals surface area contributed by atoms with Gasteiger partial charge in [0.25, 0.3) is 0 Å². The average molecular weight is 232 g/mol. The third-order valence-corrected chi connectivity index (χ3v) is 2.90. The number of ether oxygens (including phenoxy) is 3. The molecule has 0 heterocycles. The van der Waals surface area contributed by atoms with Gasteiger partial charge in [0.05, 0.1) is 25.7 Å². The average Bonchev–Trinajstić information content (AvgIpc) is 3.08. The molecule has 1 unspecified atom stereocenters. The zero-order valence-corrected chi connectivity index (χ0v) is 9.90. The molecule has 1 fully saturated rings. The Morgan fingerprint density at radius 2 is 2.12 bits per heavy atom. The van der Waals surface area contributed by atoms with Crippen molar-refractivity contribution in [1.29, 1.82) is 0 Å². The van der Waals surface area contributed by atoms with Crippen LogP contribution in [0.5, 0.6) is 0 Å². The van der Waals surface area contributed by atoms with E-state index in [4.69, 9.17) is 9.47 Å². The van der Waals surface area contributed by atoms with Crippen LogP contribution < -0.4 is 0 Å². The molecule has 0 aromatic heterocycles. The molecule has 0 amide bonds. The Bertz CT molecular complexity index is 226. The van der Waals surface area contributed by atoms with Crippen LogP contribution in [0.15, 0.2) is 0 Å². The van der Waals surface area contributed by atoms with Crippen LogP contribution in [0.2, 0.25) is 0 Å². The predicted octanol–water partition coefficient (Wildman–Crippen LogP) is 0.701. The molecule has 0 aliphatic heterocycles. The van der Waals surface area contributed by atoms with E-state index < -0.39 is 5.60 Å². The lowest BCUT2D eigenvalue weighted by molar-refractivity contribution is -0.148. The number of rotatable bonds is 8. The van der Waals surface area contributed by atoms with Gasteiger partial charge in [0, 0.05) is 13.5 Å². The van der Waals surface area contributed by atoms with Gasteiger partial charge in [0.15, 0.2) is 0 Å². The molecule has 1 aliphatic rings. The van der Waals surface area contributed by atoms with E-state index in [-0.39, 0.29) is 25.1 Å². The van der Waals surface area contributed by atoms with Crippen LogP contribution in [0, 0.1) is 5.92 Å². The number of methoxy groups -OCH3 is 2. The lowest BCUT2D eigenvalue weighted by Gasteiger charge is -2.26. The van der Waals surface area contributed by atoms with Crippen molar-refractivity contribution >= 4 is 5.97 Å². The van der Waals surface area contributed by atoms with Gasteiger partial charge in [0.1, 0.15) is 6.79 Å². The van der Waals surface area contributed by atoms with E-state index in [1.54, 1.807) is 7.11 Å². The van der Waals surface area contributed by atoms with Crippen molar-refractivity contribution in [2.24, 2.45) is 5.92 Å². The maximum absolute atomic E-state index is 11.2. The van der Waals surface area contributed by atoms with Gasteiger partial charge in [-0.2, -0.15) is 0 Å². The summed E-state index contributed by atoms with van der Waals surface area (Å²) in [6.07, 6.45) is 2.43. The fraction of sp³-hybridized carbons (Fsp3) is 0.909. The van der Waals surface area contributed by atoms with E-state index in [0.717, 1.165) is 12.8 Å². The third kappa shape index (κ3) is 4.08. The van der Waals surface area contributed by atoms with Crippen LogP contribution >= 0.6 is 0 Å². The molecule has 1 aliphatic carbocycles. The van der Waals surface area contributed by atoms with E-state index in [1.165, 1.54) is 7.11 Å². The van der Waals surface area contributed by atoms with Gasteiger partial charge in [-0.05, 0) is 18.8 Å². The molecule has 94 valence electrons. The molecular weight excluding hydrogens is 212 g/mol. The normalized spacial score (nSPS) is 19.2. The summed E-state index contributed by atoms with van der Waals surface area (Å²) in [5.74, 6) is -0.168. The maximum atomic E-state index is 11.2. The zero-order valence-electron chi connectivity index (χ0n) is 9.90. The molecule has 1 rings (SSSR count). The Morgan fingerprint density at radius 1 is 1.44 bits per heavy atom. The predicted molar refractivity (Wildman–Crippen MR) is 56.8 cm³/mol. The highest BCUT2D eigenvalue weighted by molar-refractivity contribution is 5.70. The van der Waals surface area contributed by atoms with Crippen molar-refractivity contribution in [2.45, 2.75) is 31.3 Å². The summed E-state index contributed by atoms with van der Waals surface area (Å²) in [4.78, 5) is 11.2. The largest absolute Gasteiger partial charge is 0.469 e. The van der Waals surface area contributed by atoms with Crippen LogP contribution in [-0.4, -0.2) is 44.3 Å². The highest BCUT2D eigenvalue weighted by Gasteiger charge is 2.45. The van der Waals surface area contributed by atoms with Crippen molar-refractivity contribution < 1.29 is 24.1 Å². The number of carbonyl (C=O) groups excluding carboxylic acids is 1. The molecule has 0 radical (unpaired) electrons. The van der Waals surface area contributed by atoms with E-state index >= 15 is 0 Å². The minimum atomic E-state index is -0.971. The summed E-state index contributed by atoms with van der Waals surface area (Å²) in [7, 11) is 2.87. The van der Waals surface area contributed by atoms with Gasteiger partial charge in [0.2, 0.25) is 0 Å². The monoisotopic (exact) mass is 232 g/mol. The molecule has 0 aromatic carbocycles. The van der Waals surface area contributed by atoms with E-state index in [1.807, 2.05) is 0 Å². The summed E-state index contributed by atoms with van der Waals surface area (Å²) < 4.78 is 14.5. The molecule has 5 nitrogen and oxygen atoms in total. The first-order chi connectivity index (χ1) is 7.62. The highest BCUT2D eigenvalue weighted by atomic mass is 16.7. The van der Waals surface area contributed by atoms with Gasteiger partial charge in [-0.3, -0.25) is 4.79 Å².